The number of ether oxygens (including phenoxy) is 1. The van der Waals surface area contributed by atoms with Crippen molar-refractivity contribution < 1.29 is 19.1 Å². The Kier molecular flexibility index (Phi) is 7.19. The third-order valence-electron chi connectivity index (χ3n) is 3.57. The van der Waals surface area contributed by atoms with E-state index in [0.717, 1.165) is 0 Å². The number of methoxy groups -OCH3 is 1. The lowest BCUT2D eigenvalue weighted by Gasteiger charge is -2.10. The van der Waals surface area contributed by atoms with Gasteiger partial charge in [0.15, 0.2) is 0 Å². The average Bonchev–Trinajstić information content (AvgIpc) is 2.67. The summed E-state index contributed by atoms with van der Waals surface area (Å²) >= 11 is 5.96. The van der Waals surface area contributed by atoms with Crippen LogP contribution in [-0.4, -0.2) is 38.0 Å². The van der Waals surface area contributed by atoms with Gasteiger partial charge in [-0.3, -0.25) is 9.59 Å². The summed E-state index contributed by atoms with van der Waals surface area (Å²) in [6, 6.07) is 11.4. The molecule has 0 fully saturated rings. The van der Waals surface area contributed by atoms with Gasteiger partial charge in [0, 0.05) is 23.5 Å². The van der Waals surface area contributed by atoms with Crippen LogP contribution in [0.4, 0.5) is 11.4 Å². The highest BCUT2D eigenvalue weighted by Gasteiger charge is 2.12. The molecule has 142 valence electrons. The minimum absolute atomic E-state index is 0.0341. The molecule has 0 aliphatic carbocycles. The predicted molar refractivity (Wildman–Crippen MR) is 104 cm³/mol. The largest absolute Gasteiger partial charge is 0.465 e. The normalized spacial score (nSPS) is 10.0. The van der Waals surface area contributed by atoms with Gasteiger partial charge in [0.25, 0.3) is 5.91 Å². The molecule has 0 spiro atoms. The molecule has 2 aromatic carbocycles. The minimum atomic E-state index is -0.560. The molecule has 0 atom stereocenters. The summed E-state index contributed by atoms with van der Waals surface area (Å²) in [5, 5.41) is 8.58. The van der Waals surface area contributed by atoms with Gasteiger partial charge in [0.05, 0.1) is 24.2 Å². The van der Waals surface area contributed by atoms with Crippen molar-refractivity contribution in [1.29, 1.82) is 0 Å². The van der Waals surface area contributed by atoms with Crippen LogP contribution in [0.2, 0.25) is 5.02 Å². The summed E-state index contributed by atoms with van der Waals surface area (Å²) in [5.74, 6) is -1.07. The van der Waals surface area contributed by atoms with E-state index >= 15 is 0 Å². The van der Waals surface area contributed by atoms with Crippen molar-refractivity contribution in [2.75, 3.05) is 30.8 Å². The monoisotopic (exact) mass is 389 g/mol. The topological polar surface area (TPSA) is 96.5 Å². The molecule has 0 bridgehead atoms. The maximum Gasteiger partial charge on any atom is 0.339 e. The number of halogens is 1. The molecule has 0 heterocycles. The van der Waals surface area contributed by atoms with E-state index in [2.05, 4.69) is 20.7 Å². The van der Waals surface area contributed by atoms with Gasteiger partial charge in [0.1, 0.15) is 0 Å². The Morgan fingerprint density at radius 2 is 1.85 bits per heavy atom. The van der Waals surface area contributed by atoms with Crippen molar-refractivity contribution in [1.82, 2.24) is 5.32 Å². The lowest BCUT2D eigenvalue weighted by atomic mass is 10.2. The fraction of sp³-hybridized carbons (Fsp3) is 0.211. The summed E-state index contributed by atoms with van der Waals surface area (Å²) in [6.07, 6.45) is 0. The van der Waals surface area contributed by atoms with E-state index in [9.17, 15) is 14.4 Å². The zero-order valence-corrected chi connectivity index (χ0v) is 15.7. The Labute approximate surface area is 162 Å². The number of esters is 1. The van der Waals surface area contributed by atoms with Crippen LogP contribution < -0.4 is 16.0 Å². The Hall–Kier alpha value is -3.06. The number of benzene rings is 2. The third-order valence-corrected chi connectivity index (χ3v) is 3.90. The minimum Gasteiger partial charge on any atom is -0.465 e. The summed E-state index contributed by atoms with van der Waals surface area (Å²) in [6.45, 7) is 2.32. The van der Waals surface area contributed by atoms with Crippen LogP contribution >= 0.6 is 11.6 Å². The number of carbonyl (C=O) groups is 3. The van der Waals surface area contributed by atoms with Crippen molar-refractivity contribution in [3.63, 3.8) is 0 Å². The molecule has 0 unspecified atom stereocenters. The molecule has 27 heavy (non-hydrogen) atoms. The highest BCUT2D eigenvalue weighted by Crippen LogP contribution is 2.21. The first kappa shape index (κ1) is 20.3. The van der Waals surface area contributed by atoms with E-state index in [0.29, 0.717) is 23.5 Å². The predicted octanol–water partition coefficient (Wildman–Crippen LogP) is 2.93. The van der Waals surface area contributed by atoms with Crippen molar-refractivity contribution in [3.8, 4) is 0 Å². The zero-order valence-electron chi connectivity index (χ0n) is 15.0. The lowest BCUT2D eigenvalue weighted by Crippen LogP contribution is -2.24. The smallest absolute Gasteiger partial charge is 0.339 e. The van der Waals surface area contributed by atoms with E-state index < -0.39 is 5.97 Å². The Balaban J connectivity index is 1.98. The number of rotatable bonds is 7. The highest BCUT2D eigenvalue weighted by atomic mass is 35.5. The molecule has 2 amide bonds. The molecule has 0 aliphatic rings. The number of hydrogen-bond donors (Lipinski definition) is 3. The lowest BCUT2D eigenvalue weighted by molar-refractivity contribution is -0.114. The van der Waals surface area contributed by atoms with E-state index in [1.165, 1.54) is 13.2 Å². The van der Waals surface area contributed by atoms with E-state index in [4.69, 9.17) is 11.6 Å². The first-order valence-corrected chi connectivity index (χ1v) is 8.62. The molecule has 2 aromatic rings. The molecule has 0 saturated carbocycles. The van der Waals surface area contributed by atoms with Crippen LogP contribution in [0.15, 0.2) is 42.5 Å². The summed E-state index contributed by atoms with van der Waals surface area (Å²) < 4.78 is 4.66. The summed E-state index contributed by atoms with van der Waals surface area (Å²) in [5.41, 5.74) is 1.73. The molecule has 3 N–H and O–H groups in total. The standard InChI is InChI=1S/C19H20ClN3O4/c1-3-21-18(25)12-5-4-6-14(9-12)23-17(24)11-22-13-7-8-16(20)15(10-13)19(26)27-2/h4-10,22H,3,11H2,1-2H3,(H,21,25)(H,23,24). The van der Waals surface area contributed by atoms with Gasteiger partial charge >= 0.3 is 5.97 Å². The molecule has 7 nitrogen and oxygen atoms in total. The van der Waals surface area contributed by atoms with Crippen molar-refractivity contribution in [3.05, 3.63) is 58.6 Å². The Morgan fingerprint density at radius 3 is 2.56 bits per heavy atom. The van der Waals surface area contributed by atoms with Gasteiger partial charge in [-0.25, -0.2) is 4.79 Å². The second-order valence-electron chi connectivity index (χ2n) is 5.53. The molecule has 2 rings (SSSR count). The quantitative estimate of drug-likeness (QED) is 0.633. The Morgan fingerprint density at radius 1 is 1.07 bits per heavy atom. The zero-order chi connectivity index (χ0) is 19.8. The molecule has 0 aliphatic heterocycles. The maximum absolute atomic E-state index is 12.1. The van der Waals surface area contributed by atoms with Crippen molar-refractivity contribution in [2.45, 2.75) is 6.92 Å². The molecule has 8 heteroatoms. The second kappa shape index (κ2) is 9.59. The fourth-order valence-corrected chi connectivity index (χ4v) is 2.48. The van der Waals surface area contributed by atoms with Crippen LogP contribution in [0.25, 0.3) is 0 Å². The third kappa shape index (κ3) is 5.72. The van der Waals surface area contributed by atoms with Crippen LogP contribution in [-0.2, 0) is 9.53 Å². The maximum atomic E-state index is 12.1. The van der Waals surface area contributed by atoms with Crippen LogP contribution in [0.3, 0.4) is 0 Å². The number of nitrogens with one attached hydrogen (secondary N) is 3. The molecular weight excluding hydrogens is 370 g/mol. The van der Waals surface area contributed by atoms with Crippen molar-refractivity contribution >= 4 is 40.8 Å². The average molecular weight is 390 g/mol. The first-order valence-electron chi connectivity index (χ1n) is 8.24. The summed E-state index contributed by atoms with van der Waals surface area (Å²) in [4.78, 5) is 35.6. The first-order chi connectivity index (χ1) is 12.9. The van der Waals surface area contributed by atoms with Gasteiger partial charge < -0.3 is 20.7 Å². The van der Waals surface area contributed by atoms with Crippen LogP contribution in [0.5, 0.6) is 0 Å². The SMILES string of the molecule is CCNC(=O)c1cccc(NC(=O)CNc2ccc(Cl)c(C(=O)OC)c2)c1. The van der Waals surface area contributed by atoms with Gasteiger partial charge in [-0.2, -0.15) is 0 Å². The molecule has 0 radical (unpaired) electrons. The van der Waals surface area contributed by atoms with E-state index in [-0.39, 0.29) is 28.9 Å². The second-order valence-corrected chi connectivity index (χ2v) is 5.94. The number of hydrogen-bond acceptors (Lipinski definition) is 5. The summed E-state index contributed by atoms with van der Waals surface area (Å²) in [7, 11) is 1.26. The number of amides is 2. The van der Waals surface area contributed by atoms with Crippen LogP contribution in [0.1, 0.15) is 27.6 Å². The van der Waals surface area contributed by atoms with Gasteiger partial charge in [-0.1, -0.05) is 17.7 Å². The number of carbonyl (C=O) groups excluding carboxylic acids is 3. The van der Waals surface area contributed by atoms with Gasteiger partial charge in [-0.05, 0) is 43.3 Å². The fourth-order valence-electron chi connectivity index (χ4n) is 2.29. The molecule has 0 aromatic heterocycles. The highest BCUT2D eigenvalue weighted by molar-refractivity contribution is 6.33. The van der Waals surface area contributed by atoms with Gasteiger partial charge in [0.2, 0.25) is 5.91 Å². The van der Waals surface area contributed by atoms with Gasteiger partial charge in [-0.15, -0.1) is 0 Å². The molecular formula is C19H20ClN3O4. The molecule has 0 saturated heterocycles. The van der Waals surface area contributed by atoms with E-state index in [1.807, 2.05) is 6.92 Å². The number of anilines is 2. The van der Waals surface area contributed by atoms with Crippen LogP contribution in [0, 0.1) is 0 Å². The Bertz CT molecular complexity index is 855. The van der Waals surface area contributed by atoms with Crippen molar-refractivity contribution in [2.24, 2.45) is 0 Å². The van der Waals surface area contributed by atoms with E-state index in [1.54, 1.807) is 36.4 Å².